The highest BCUT2D eigenvalue weighted by molar-refractivity contribution is 8.77. The maximum atomic E-state index is 6.24. The van der Waals surface area contributed by atoms with Crippen LogP contribution in [0.2, 0.25) is 0 Å². The Morgan fingerprint density at radius 1 is 0.650 bits per heavy atom. The monoisotopic (exact) mass is 438 g/mol. The lowest BCUT2D eigenvalue weighted by atomic mass is 10.2. The largest absolute Gasteiger partial charge is 0.123 e. The normalized spacial score (nSPS) is 21.0. The standard InChI is InChI=1S/C12H20Cl6S2/c1-3-7(13)5-9(15)11(17)19-20-12(18)10(16)6-8(14)4-2/h7-12H,3-6H2,1-2H3. The van der Waals surface area contributed by atoms with E-state index in [0.29, 0.717) is 12.8 Å². The van der Waals surface area contributed by atoms with Crippen LogP contribution in [-0.2, 0) is 0 Å². The smallest absolute Gasteiger partial charge is 0.106 e. The Bertz CT molecular complexity index is 222. The molecule has 6 unspecified atom stereocenters. The summed E-state index contributed by atoms with van der Waals surface area (Å²) in [5.41, 5.74) is 0. The summed E-state index contributed by atoms with van der Waals surface area (Å²) in [7, 11) is 2.88. The van der Waals surface area contributed by atoms with Crippen molar-refractivity contribution in [3.05, 3.63) is 0 Å². The molecule has 0 saturated carbocycles. The highest BCUT2D eigenvalue weighted by Gasteiger charge is 2.25. The van der Waals surface area contributed by atoms with Gasteiger partial charge in [0.25, 0.3) is 0 Å². The van der Waals surface area contributed by atoms with Gasteiger partial charge in [-0.2, -0.15) is 0 Å². The van der Waals surface area contributed by atoms with E-state index >= 15 is 0 Å². The Kier molecular flexibility index (Phi) is 14.4. The molecule has 0 fully saturated rings. The van der Waals surface area contributed by atoms with Gasteiger partial charge < -0.3 is 0 Å². The van der Waals surface area contributed by atoms with Gasteiger partial charge in [0.2, 0.25) is 0 Å². The van der Waals surface area contributed by atoms with Crippen molar-refractivity contribution in [2.45, 2.75) is 70.5 Å². The van der Waals surface area contributed by atoms with Crippen LogP contribution in [0, 0.1) is 0 Å². The number of alkyl halides is 6. The van der Waals surface area contributed by atoms with Gasteiger partial charge in [0.15, 0.2) is 0 Å². The fraction of sp³-hybridized carbons (Fsp3) is 1.00. The fourth-order valence-corrected chi connectivity index (χ4v) is 6.01. The minimum Gasteiger partial charge on any atom is -0.123 e. The third-order valence-electron chi connectivity index (χ3n) is 2.66. The highest BCUT2D eigenvalue weighted by Crippen LogP contribution is 2.42. The van der Waals surface area contributed by atoms with Gasteiger partial charge in [0.1, 0.15) is 9.42 Å². The average Bonchev–Trinajstić information content (AvgIpc) is 2.43. The molecule has 0 aromatic rings. The Hall–Kier alpha value is 2.44. The zero-order chi connectivity index (χ0) is 15.7. The van der Waals surface area contributed by atoms with E-state index in [1.807, 2.05) is 13.8 Å². The van der Waals surface area contributed by atoms with Gasteiger partial charge in [-0.3, -0.25) is 0 Å². The van der Waals surface area contributed by atoms with E-state index in [9.17, 15) is 0 Å². The Morgan fingerprint density at radius 2 is 0.950 bits per heavy atom. The van der Waals surface area contributed by atoms with Gasteiger partial charge in [0, 0.05) is 10.8 Å². The Morgan fingerprint density at radius 3 is 1.20 bits per heavy atom. The zero-order valence-corrected chi connectivity index (χ0v) is 17.5. The molecule has 0 aromatic carbocycles. The second-order valence-corrected chi connectivity index (χ2v) is 10.8. The number of hydrogen-bond donors (Lipinski definition) is 0. The summed E-state index contributed by atoms with van der Waals surface area (Å²) >= 11 is 37.1. The molecule has 0 aliphatic carbocycles. The first kappa shape index (κ1) is 22.4. The van der Waals surface area contributed by atoms with E-state index in [1.54, 1.807) is 0 Å². The molecule has 0 aliphatic heterocycles. The Balaban J connectivity index is 4.00. The molecule has 0 radical (unpaired) electrons. The molecule has 0 aliphatic rings. The van der Waals surface area contributed by atoms with Crippen LogP contribution in [0.4, 0.5) is 0 Å². The van der Waals surface area contributed by atoms with Crippen LogP contribution in [0.1, 0.15) is 39.5 Å². The van der Waals surface area contributed by atoms with Gasteiger partial charge in [-0.1, -0.05) is 35.4 Å². The summed E-state index contributed by atoms with van der Waals surface area (Å²) in [4.78, 5) is 0. The van der Waals surface area contributed by atoms with E-state index in [-0.39, 0.29) is 30.9 Å². The molecule has 6 atom stereocenters. The first-order valence-electron chi connectivity index (χ1n) is 6.48. The third kappa shape index (κ3) is 10.3. The summed E-state index contributed by atoms with van der Waals surface area (Å²) in [5, 5.41) is -0.270. The first-order chi connectivity index (χ1) is 9.31. The minimum atomic E-state index is -0.252. The van der Waals surface area contributed by atoms with Crippen molar-refractivity contribution in [2.24, 2.45) is 0 Å². The van der Waals surface area contributed by atoms with Gasteiger partial charge in [0.05, 0.1) is 10.8 Å². The predicted octanol–water partition coefficient (Wildman–Crippen LogP) is 7.53. The molecule has 20 heavy (non-hydrogen) atoms. The molecule has 0 N–H and O–H groups in total. The molecule has 0 bridgehead atoms. The van der Waals surface area contributed by atoms with Crippen LogP contribution in [0.3, 0.4) is 0 Å². The molecule has 0 heterocycles. The predicted molar refractivity (Wildman–Crippen MR) is 103 cm³/mol. The van der Waals surface area contributed by atoms with Crippen molar-refractivity contribution in [2.75, 3.05) is 0 Å². The highest BCUT2D eigenvalue weighted by atomic mass is 35.5. The summed E-state index contributed by atoms with van der Waals surface area (Å²) in [6, 6.07) is 0. The average molecular weight is 441 g/mol. The summed E-state index contributed by atoms with van der Waals surface area (Å²) < 4.78 is -0.505. The van der Waals surface area contributed by atoms with Crippen LogP contribution < -0.4 is 0 Å². The van der Waals surface area contributed by atoms with E-state index in [0.717, 1.165) is 12.8 Å². The molecule has 8 heteroatoms. The lowest BCUT2D eigenvalue weighted by Crippen LogP contribution is -2.18. The zero-order valence-electron chi connectivity index (χ0n) is 11.4. The molecule has 0 saturated heterocycles. The number of halogens is 6. The van der Waals surface area contributed by atoms with Crippen LogP contribution in [0.5, 0.6) is 0 Å². The lowest BCUT2D eigenvalue weighted by molar-refractivity contribution is 0.709. The van der Waals surface area contributed by atoms with Crippen LogP contribution in [0.25, 0.3) is 0 Å². The van der Waals surface area contributed by atoms with Crippen LogP contribution in [-0.4, -0.2) is 30.9 Å². The van der Waals surface area contributed by atoms with Crippen LogP contribution in [0.15, 0.2) is 0 Å². The topological polar surface area (TPSA) is 0 Å². The summed E-state index contributed by atoms with van der Waals surface area (Å²) in [6.07, 6.45) is 3.11. The van der Waals surface area contributed by atoms with E-state index in [1.165, 1.54) is 21.6 Å². The Labute approximate surface area is 160 Å². The van der Waals surface area contributed by atoms with Crippen molar-refractivity contribution < 1.29 is 0 Å². The van der Waals surface area contributed by atoms with Crippen molar-refractivity contribution >= 4 is 91.2 Å². The van der Waals surface area contributed by atoms with E-state index in [2.05, 4.69) is 0 Å². The summed E-state index contributed by atoms with van der Waals surface area (Å²) in [6.45, 7) is 4.05. The quantitative estimate of drug-likeness (QED) is 0.240. The second kappa shape index (κ2) is 12.8. The number of rotatable bonds is 11. The first-order valence-corrected chi connectivity index (χ1v) is 11.4. The van der Waals surface area contributed by atoms with E-state index < -0.39 is 0 Å². The lowest BCUT2D eigenvalue weighted by Gasteiger charge is -2.21. The molecule has 122 valence electrons. The number of hydrogen-bond acceptors (Lipinski definition) is 2. The van der Waals surface area contributed by atoms with Gasteiger partial charge in [-0.15, -0.1) is 69.6 Å². The molecule has 0 amide bonds. The van der Waals surface area contributed by atoms with Crippen molar-refractivity contribution in [1.82, 2.24) is 0 Å². The molecule has 0 spiro atoms. The van der Waals surface area contributed by atoms with Crippen LogP contribution >= 0.6 is 91.2 Å². The van der Waals surface area contributed by atoms with Gasteiger partial charge >= 0.3 is 0 Å². The molecule has 0 nitrogen and oxygen atoms in total. The maximum absolute atomic E-state index is 6.24. The van der Waals surface area contributed by atoms with Crippen molar-refractivity contribution in [3.63, 3.8) is 0 Å². The third-order valence-corrected chi connectivity index (χ3v) is 9.54. The van der Waals surface area contributed by atoms with Gasteiger partial charge in [-0.05, 0) is 25.7 Å². The fourth-order valence-electron chi connectivity index (χ4n) is 1.26. The van der Waals surface area contributed by atoms with Gasteiger partial charge in [-0.25, -0.2) is 0 Å². The SMILES string of the molecule is CCC(Cl)CC(Cl)C(Cl)SSC(Cl)C(Cl)CC(Cl)CC. The molecular weight excluding hydrogens is 421 g/mol. The maximum Gasteiger partial charge on any atom is 0.106 e. The molecule has 0 aromatic heterocycles. The molecular formula is C12H20Cl6S2. The minimum absolute atomic E-state index is 0.0542. The summed E-state index contributed by atoms with van der Waals surface area (Å²) in [5.74, 6) is 0. The van der Waals surface area contributed by atoms with E-state index in [4.69, 9.17) is 69.6 Å². The van der Waals surface area contributed by atoms with Crippen molar-refractivity contribution in [1.29, 1.82) is 0 Å². The second-order valence-electron chi connectivity index (χ2n) is 4.41. The molecule has 0 rings (SSSR count). The van der Waals surface area contributed by atoms with Crippen molar-refractivity contribution in [3.8, 4) is 0 Å².